The first-order valence-electron chi connectivity index (χ1n) is 14.8. The third-order valence-electron chi connectivity index (χ3n) is 8.74. The molecule has 2 aromatic rings. The Balaban J connectivity index is 1.86. The van der Waals surface area contributed by atoms with Crippen molar-refractivity contribution >= 4 is 54.6 Å². The smallest absolute Gasteiger partial charge is 0.307 e. The van der Waals surface area contributed by atoms with E-state index in [9.17, 15) is 34.5 Å². The Morgan fingerprint density at radius 1 is 1.07 bits per heavy atom. The summed E-state index contributed by atoms with van der Waals surface area (Å²) in [5.41, 5.74) is 6.31. The van der Waals surface area contributed by atoms with Gasteiger partial charge in [0.2, 0.25) is 5.91 Å². The zero-order valence-corrected chi connectivity index (χ0v) is 26.7. The summed E-state index contributed by atoms with van der Waals surface area (Å²) in [6.45, 7) is 11.2. The maximum absolute atomic E-state index is 12.5. The molecule has 2 aromatic heterocycles. The first kappa shape index (κ1) is 33.6. The lowest BCUT2D eigenvalue weighted by Gasteiger charge is -2.19. The maximum atomic E-state index is 12.5. The van der Waals surface area contributed by atoms with Crippen molar-refractivity contribution in [2.75, 3.05) is 6.61 Å². The Bertz CT molecular complexity index is 1750. The van der Waals surface area contributed by atoms with E-state index in [1.165, 1.54) is 0 Å². The topological polar surface area (TPSA) is 185 Å². The number of carbonyl (C=O) groups excluding carboxylic acids is 2. The minimum Gasteiger partial charge on any atom is -0.481 e. The molecule has 0 spiro atoms. The fraction of sp³-hybridized carbons (Fsp3) is 0.394. The van der Waals surface area contributed by atoms with Gasteiger partial charge in [0.1, 0.15) is 0 Å². The number of amides is 2. The molecule has 0 unspecified atom stereocenters. The van der Waals surface area contributed by atoms with Crippen LogP contribution in [-0.2, 0) is 32.0 Å². The number of aliphatic hydroxyl groups excluding tert-OH is 1. The van der Waals surface area contributed by atoms with Gasteiger partial charge in [-0.3, -0.25) is 19.2 Å². The monoisotopic (exact) mass is 636 g/mol. The number of thiol groups is 1. The zero-order chi connectivity index (χ0) is 33.2. The van der Waals surface area contributed by atoms with E-state index in [-0.39, 0.29) is 49.6 Å². The molecule has 4 heterocycles. The number of allylic oxidation sites excluding steroid dienone is 2. The van der Waals surface area contributed by atoms with Crippen molar-refractivity contribution in [3.05, 3.63) is 73.8 Å². The van der Waals surface area contributed by atoms with Gasteiger partial charge in [-0.1, -0.05) is 25.7 Å². The van der Waals surface area contributed by atoms with Crippen molar-refractivity contribution < 1.29 is 34.5 Å². The van der Waals surface area contributed by atoms with Gasteiger partial charge in [-0.15, -0.1) is 0 Å². The minimum absolute atomic E-state index is 0.112. The molecular weight excluding hydrogens is 596 g/mol. The van der Waals surface area contributed by atoms with Crippen molar-refractivity contribution in [2.24, 2.45) is 11.8 Å². The number of aromatic amines is 2. The number of hydrogen-bond donors (Lipinski definition) is 8. The lowest BCUT2D eigenvalue weighted by atomic mass is 9.91. The largest absolute Gasteiger partial charge is 0.481 e. The predicted molar refractivity (Wildman–Crippen MR) is 174 cm³/mol. The van der Waals surface area contributed by atoms with E-state index >= 15 is 0 Å². The van der Waals surface area contributed by atoms with E-state index in [0.717, 1.165) is 22.4 Å². The second-order valence-electron chi connectivity index (χ2n) is 11.6. The van der Waals surface area contributed by atoms with E-state index in [0.29, 0.717) is 45.2 Å². The lowest BCUT2D eigenvalue weighted by molar-refractivity contribution is -0.137. The standard InChI is InChI=1S/C33H40N4O7S/c1-6-19-15(2)24(36-33(19)44)11-22-16(3)20(7-9-29(39)40)25(34-22)13-26-21(8-10-30(41)42)17(4)23(35-26)12-27-31(28(45)14-38)18(5)32(43)37-27/h6-7,12-13,18,24,28,31,34-35,38,45H,2,8-11,14H2,1,3-5H3,(H,36,44)(H,37,43)(H,39,40)(H,41,42)/b19-6-,20-7+,25-13-,27-12-/t18-,24-,28-,31-/m1/s1. The van der Waals surface area contributed by atoms with E-state index < -0.39 is 23.1 Å². The number of carboxylic acid groups (broad SMARTS) is 2. The Morgan fingerprint density at radius 3 is 2.38 bits per heavy atom. The predicted octanol–water partition coefficient (Wildman–Crippen LogP) is 1.62. The second kappa shape index (κ2) is 13.8. The van der Waals surface area contributed by atoms with E-state index in [4.69, 9.17) is 0 Å². The van der Waals surface area contributed by atoms with Crippen LogP contribution in [0.4, 0.5) is 0 Å². The van der Waals surface area contributed by atoms with Crippen LogP contribution >= 0.6 is 12.6 Å². The van der Waals surface area contributed by atoms with Crippen molar-refractivity contribution in [1.29, 1.82) is 0 Å². The molecule has 240 valence electrons. The number of hydrogen-bond acceptors (Lipinski definition) is 6. The number of carboxylic acids is 2. The van der Waals surface area contributed by atoms with Crippen LogP contribution in [0.3, 0.4) is 0 Å². The highest BCUT2D eigenvalue weighted by atomic mass is 32.1. The Kier molecular flexibility index (Phi) is 10.3. The fourth-order valence-corrected chi connectivity index (χ4v) is 6.59. The molecule has 2 saturated heterocycles. The molecule has 2 fully saturated rings. The van der Waals surface area contributed by atoms with Gasteiger partial charge in [-0.05, 0) is 66.8 Å². The maximum Gasteiger partial charge on any atom is 0.307 e. The van der Waals surface area contributed by atoms with Crippen LogP contribution in [0.1, 0.15) is 60.5 Å². The summed E-state index contributed by atoms with van der Waals surface area (Å²) in [5, 5.41) is 35.3. The molecule has 2 aliphatic rings. The van der Waals surface area contributed by atoms with Gasteiger partial charge in [0.25, 0.3) is 5.91 Å². The lowest BCUT2D eigenvalue weighted by Crippen LogP contribution is -2.28. The van der Waals surface area contributed by atoms with Crippen molar-refractivity contribution in [3.63, 3.8) is 0 Å². The van der Waals surface area contributed by atoms with Gasteiger partial charge >= 0.3 is 11.9 Å². The van der Waals surface area contributed by atoms with Crippen LogP contribution in [0.2, 0.25) is 0 Å². The average molecular weight is 637 g/mol. The Labute approximate surface area is 266 Å². The third kappa shape index (κ3) is 7.02. The summed E-state index contributed by atoms with van der Waals surface area (Å²) in [7, 11) is 0. The summed E-state index contributed by atoms with van der Waals surface area (Å²) < 4.78 is 0. The number of aliphatic hydroxyl groups is 1. The number of aliphatic carboxylic acids is 2. The van der Waals surface area contributed by atoms with Crippen LogP contribution in [-0.4, -0.2) is 66.9 Å². The van der Waals surface area contributed by atoms with Gasteiger partial charge < -0.3 is 35.9 Å². The molecule has 0 aliphatic carbocycles. The Hall–Kier alpha value is -4.29. The van der Waals surface area contributed by atoms with E-state index in [2.05, 4.69) is 39.8 Å². The van der Waals surface area contributed by atoms with Crippen molar-refractivity contribution in [1.82, 2.24) is 20.6 Å². The number of aromatic nitrogens is 2. The summed E-state index contributed by atoms with van der Waals surface area (Å²) in [6.07, 6.45) is 7.30. The van der Waals surface area contributed by atoms with Crippen LogP contribution in [0.25, 0.3) is 18.2 Å². The average Bonchev–Trinajstić information content (AvgIpc) is 3.63. The van der Waals surface area contributed by atoms with Gasteiger partial charge in [0.05, 0.1) is 19.1 Å². The molecule has 0 aromatic carbocycles. The molecule has 45 heavy (non-hydrogen) atoms. The van der Waals surface area contributed by atoms with Gasteiger partial charge in [-0.25, -0.2) is 0 Å². The van der Waals surface area contributed by atoms with E-state index in [1.54, 1.807) is 32.1 Å². The molecule has 0 bridgehead atoms. The van der Waals surface area contributed by atoms with E-state index in [1.807, 2.05) is 19.9 Å². The molecule has 0 saturated carbocycles. The number of carbonyl (C=O) groups is 4. The molecule has 7 N–H and O–H groups in total. The molecule has 2 amide bonds. The van der Waals surface area contributed by atoms with Crippen molar-refractivity contribution in [2.45, 2.75) is 64.7 Å². The number of rotatable bonds is 11. The molecule has 0 radical (unpaired) electrons. The van der Waals surface area contributed by atoms with Crippen LogP contribution < -0.4 is 21.2 Å². The zero-order valence-electron chi connectivity index (χ0n) is 25.8. The molecular formula is C33H40N4O7S. The minimum atomic E-state index is -0.989. The summed E-state index contributed by atoms with van der Waals surface area (Å²) in [5.74, 6) is -3.04. The normalized spacial score (nSPS) is 23.3. The van der Waals surface area contributed by atoms with Gasteiger partial charge in [0.15, 0.2) is 0 Å². The van der Waals surface area contributed by atoms with Crippen LogP contribution in [0, 0.1) is 25.7 Å². The highest BCUT2D eigenvalue weighted by Crippen LogP contribution is 2.34. The summed E-state index contributed by atoms with van der Waals surface area (Å²) >= 11 is 4.50. The van der Waals surface area contributed by atoms with Crippen LogP contribution in [0.5, 0.6) is 0 Å². The first-order valence-corrected chi connectivity index (χ1v) is 15.3. The summed E-state index contributed by atoms with van der Waals surface area (Å²) in [4.78, 5) is 54.8. The number of H-pyrrole nitrogens is 2. The highest BCUT2D eigenvalue weighted by molar-refractivity contribution is 7.81. The SMILES string of the molecule is C=C1/C(=C/C)C(=O)N[C@@H]1Cc1[nH]c(=C\c2[nH]c(/C=C3\NC(=O)[C@H](C)[C@H]3[C@H](S)CO)c(C)c2CCC(=O)O)/c(=C/CC(=O)O)c1C. The Morgan fingerprint density at radius 2 is 1.78 bits per heavy atom. The van der Waals surface area contributed by atoms with Crippen LogP contribution in [0.15, 0.2) is 29.5 Å². The summed E-state index contributed by atoms with van der Waals surface area (Å²) in [6, 6.07) is -0.329. The quantitative estimate of drug-likeness (QED) is 0.136. The highest BCUT2D eigenvalue weighted by Gasteiger charge is 2.39. The number of nitrogens with one attached hydrogen (secondary N) is 4. The molecule has 12 heteroatoms. The fourth-order valence-electron chi connectivity index (χ4n) is 6.17. The molecule has 2 aliphatic heterocycles. The van der Waals surface area contributed by atoms with Gasteiger partial charge in [-0.2, -0.15) is 12.6 Å². The van der Waals surface area contributed by atoms with Crippen molar-refractivity contribution in [3.8, 4) is 0 Å². The molecule has 4 rings (SSSR count). The second-order valence-corrected chi connectivity index (χ2v) is 12.2. The third-order valence-corrected chi connectivity index (χ3v) is 9.22. The first-order chi connectivity index (χ1) is 21.3. The molecule has 4 atom stereocenters. The van der Waals surface area contributed by atoms with Gasteiger partial charge in [0, 0.05) is 63.6 Å². The molecule has 11 nitrogen and oxygen atoms in total.